The van der Waals surface area contributed by atoms with Crippen LogP contribution in [0, 0.1) is 5.82 Å². The molecule has 202 valence electrons. The van der Waals surface area contributed by atoms with Gasteiger partial charge in [0.1, 0.15) is 18.5 Å². The van der Waals surface area contributed by atoms with E-state index in [0.717, 1.165) is 28.4 Å². The first-order valence-electron chi connectivity index (χ1n) is 12.5. The lowest BCUT2D eigenvalue weighted by Crippen LogP contribution is -2.43. The van der Waals surface area contributed by atoms with Gasteiger partial charge in [-0.15, -0.1) is 0 Å². The second-order valence-corrected chi connectivity index (χ2v) is 12.3. The lowest BCUT2D eigenvalue weighted by atomic mass is 10.0. The number of aromatic nitrogens is 1. The van der Waals surface area contributed by atoms with E-state index in [1.165, 1.54) is 15.3 Å². The summed E-state index contributed by atoms with van der Waals surface area (Å²) in [4.78, 5) is 27.9. The van der Waals surface area contributed by atoms with Crippen molar-refractivity contribution in [3.63, 3.8) is 0 Å². The summed E-state index contributed by atoms with van der Waals surface area (Å²) in [5.41, 5.74) is 2.80. The number of carbonyl (C=O) groups is 2. The number of rotatable bonds is 7. The summed E-state index contributed by atoms with van der Waals surface area (Å²) in [6.07, 6.45) is 0.275. The zero-order valence-corrected chi connectivity index (χ0v) is 22.4. The van der Waals surface area contributed by atoms with Crippen LogP contribution in [-0.4, -0.2) is 65.4 Å². The summed E-state index contributed by atoms with van der Waals surface area (Å²) in [6, 6.07) is 11.2. The topological polar surface area (TPSA) is 79.7 Å². The molecule has 0 aliphatic carbocycles. The lowest BCUT2D eigenvalue weighted by Gasteiger charge is -2.28. The molecule has 5 rings (SSSR count). The van der Waals surface area contributed by atoms with E-state index in [9.17, 15) is 26.8 Å². The Labute approximate surface area is 225 Å². The number of ketones is 1. The van der Waals surface area contributed by atoms with E-state index in [-0.39, 0.29) is 49.7 Å². The highest BCUT2D eigenvalue weighted by molar-refractivity contribution is 7.88. The zero-order chi connectivity index (χ0) is 27.2. The Kier molecular flexibility index (Phi) is 7.32. The van der Waals surface area contributed by atoms with Crippen LogP contribution < -0.4 is 0 Å². The van der Waals surface area contributed by atoms with Crippen molar-refractivity contribution in [3.05, 3.63) is 70.1 Å². The number of amides is 1. The molecule has 1 amide bonds. The van der Waals surface area contributed by atoms with E-state index in [1.807, 2.05) is 24.3 Å². The molecule has 1 fully saturated rings. The fourth-order valence-electron chi connectivity index (χ4n) is 5.59. The summed E-state index contributed by atoms with van der Waals surface area (Å²) < 4.78 is 56.4. The van der Waals surface area contributed by atoms with Gasteiger partial charge in [0.25, 0.3) is 0 Å². The van der Waals surface area contributed by atoms with Crippen molar-refractivity contribution in [2.24, 2.45) is 0 Å². The number of benzene rings is 2. The van der Waals surface area contributed by atoms with E-state index < -0.39 is 34.0 Å². The van der Waals surface area contributed by atoms with E-state index in [4.69, 9.17) is 11.6 Å². The van der Waals surface area contributed by atoms with E-state index in [1.54, 1.807) is 16.7 Å². The van der Waals surface area contributed by atoms with Gasteiger partial charge in [-0.25, -0.2) is 17.2 Å². The Morgan fingerprint density at radius 2 is 1.89 bits per heavy atom. The van der Waals surface area contributed by atoms with Crippen LogP contribution in [0.15, 0.2) is 42.5 Å². The predicted octanol–water partition coefficient (Wildman–Crippen LogP) is 3.89. The van der Waals surface area contributed by atoms with Gasteiger partial charge < -0.3 is 9.47 Å². The van der Waals surface area contributed by atoms with Crippen LogP contribution in [0.3, 0.4) is 0 Å². The van der Waals surface area contributed by atoms with Crippen molar-refractivity contribution in [2.75, 3.05) is 19.3 Å². The minimum Gasteiger partial charge on any atom is -0.334 e. The molecule has 3 heterocycles. The fraction of sp³-hybridized carbons (Fsp3) is 0.407. The van der Waals surface area contributed by atoms with Gasteiger partial charge >= 0.3 is 0 Å². The summed E-state index contributed by atoms with van der Waals surface area (Å²) >= 11 is 5.83. The maximum absolute atomic E-state index is 14.5. The molecular weight excluding hydrogens is 536 g/mol. The smallest absolute Gasteiger partial charge is 0.243 e. The number of aryl methyl sites for hydroxylation is 1. The Hall–Kier alpha value is -2.82. The number of hydrogen-bond donors (Lipinski definition) is 0. The average Bonchev–Trinajstić information content (AvgIpc) is 3.42. The summed E-state index contributed by atoms with van der Waals surface area (Å²) in [6.45, 7) is 0.146. The molecule has 2 aliphatic rings. The number of likely N-dealkylation sites (tertiary alicyclic amines) is 1. The Balaban J connectivity index is 1.38. The first kappa shape index (κ1) is 26.8. The Morgan fingerprint density at radius 1 is 1.13 bits per heavy atom. The lowest BCUT2D eigenvalue weighted by molar-refractivity contribution is -0.138. The molecule has 0 radical (unpaired) electrons. The van der Waals surface area contributed by atoms with Crippen molar-refractivity contribution in [3.8, 4) is 0 Å². The van der Waals surface area contributed by atoms with Crippen LogP contribution in [0.4, 0.5) is 8.78 Å². The van der Waals surface area contributed by atoms with Crippen LogP contribution in [0.25, 0.3) is 10.9 Å². The second-order valence-electron chi connectivity index (χ2n) is 9.95. The zero-order valence-electron chi connectivity index (χ0n) is 20.9. The number of halogens is 3. The van der Waals surface area contributed by atoms with E-state index in [0.29, 0.717) is 18.5 Å². The number of fused-ring (bicyclic) bond motifs is 3. The molecule has 0 unspecified atom stereocenters. The molecule has 2 atom stereocenters. The minimum absolute atomic E-state index is 0.0341. The molecular formula is C27H28ClF2N3O4S. The third-order valence-corrected chi connectivity index (χ3v) is 9.05. The van der Waals surface area contributed by atoms with Crippen LogP contribution >= 0.6 is 11.6 Å². The highest BCUT2D eigenvalue weighted by atomic mass is 35.5. The molecule has 2 aliphatic heterocycles. The van der Waals surface area contributed by atoms with Gasteiger partial charge in [-0.2, -0.15) is 4.31 Å². The van der Waals surface area contributed by atoms with E-state index in [2.05, 4.69) is 0 Å². The third-order valence-electron chi connectivity index (χ3n) is 7.51. The van der Waals surface area contributed by atoms with Gasteiger partial charge in [0, 0.05) is 36.0 Å². The largest absolute Gasteiger partial charge is 0.334 e. The quantitative estimate of drug-likeness (QED) is 0.437. The van der Waals surface area contributed by atoms with Gasteiger partial charge in [-0.1, -0.05) is 41.9 Å². The molecule has 2 aromatic carbocycles. The summed E-state index contributed by atoms with van der Waals surface area (Å²) in [5.74, 6) is -1.34. The summed E-state index contributed by atoms with van der Waals surface area (Å²) in [7, 11) is -3.43. The van der Waals surface area contributed by atoms with Gasteiger partial charge in [0.05, 0.1) is 30.4 Å². The van der Waals surface area contributed by atoms with Crippen LogP contribution in [0.1, 0.15) is 29.7 Å². The number of alkyl halides is 1. The SMILES string of the molecule is CS(=O)(=O)N1CCc2c(n(CC(=O)N3C[C@H](F)C[C@H]3C(=O)CCc3cccc(Cl)c3F)c3ccccc23)C1. The van der Waals surface area contributed by atoms with Gasteiger partial charge in [-0.3, -0.25) is 9.59 Å². The number of Topliss-reactive ketones (excluding diaryl/α,β-unsaturated/α-hetero) is 1. The highest BCUT2D eigenvalue weighted by Gasteiger charge is 2.40. The maximum atomic E-state index is 14.5. The van der Waals surface area contributed by atoms with Crippen molar-refractivity contribution in [1.29, 1.82) is 0 Å². The number of sulfonamides is 1. The molecule has 7 nitrogen and oxygen atoms in total. The first-order valence-corrected chi connectivity index (χ1v) is 14.7. The number of nitrogens with zero attached hydrogens (tertiary/aromatic N) is 3. The Morgan fingerprint density at radius 3 is 2.66 bits per heavy atom. The normalized spacial score (nSPS) is 20.2. The second kappa shape index (κ2) is 10.4. The molecule has 0 bridgehead atoms. The van der Waals surface area contributed by atoms with Crippen molar-refractivity contribution >= 4 is 44.2 Å². The molecule has 1 saturated heterocycles. The van der Waals surface area contributed by atoms with Gasteiger partial charge in [0.15, 0.2) is 5.78 Å². The predicted molar refractivity (Wildman–Crippen MR) is 141 cm³/mol. The van der Waals surface area contributed by atoms with Gasteiger partial charge in [0.2, 0.25) is 15.9 Å². The van der Waals surface area contributed by atoms with Crippen molar-refractivity contribution in [2.45, 2.75) is 51.0 Å². The first-order chi connectivity index (χ1) is 18.0. The molecule has 3 aromatic rings. The highest BCUT2D eigenvalue weighted by Crippen LogP contribution is 2.32. The molecule has 38 heavy (non-hydrogen) atoms. The molecule has 1 aromatic heterocycles. The average molecular weight is 564 g/mol. The number of para-hydroxylation sites is 1. The molecule has 0 saturated carbocycles. The van der Waals surface area contributed by atoms with Crippen LogP contribution in [-0.2, 0) is 45.5 Å². The molecule has 0 N–H and O–H groups in total. The fourth-order valence-corrected chi connectivity index (χ4v) is 6.57. The van der Waals surface area contributed by atoms with Crippen molar-refractivity contribution < 1.29 is 26.8 Å². The summed E-state index contributed by atoms with van der Waals surface area (Å²) in [5, 5.41) is 0.914. The number of hydrogen-bond acceptors (Lipinski definition) is 4. The third kappa shape index (κ3) is 5.09. The maximum Gasteiger partial charge on any atom is 0.243 e. The minimum atomic E-state index is -3.43. The number of carbonyl (C=O) groups excluding carboxylic acids is 2. The molecule has 0 spiro atoms. The van der Waals surface area contributed by atoms with Gasteiger partial charge in [-0.05, 0) is 36.1 Å². The van der Waals surface area contributed by atoms with Crippen LogP contribution in [0.5, 0.6) is 0 Å². The monoisotopic (exact) mass is 563 g/mol. The van der Waals surface area contributed by atoms with Crippen LogP contribution in [0.2, 0.25) is 5.02 Å². The van der Waals surface area contributed by atoms with Crippen molar-refractivity contribution in [1.82, 2.24) is 13.8 Å². The standard InChI is InChI=1S/C27H28ClF2N3O4S/c1-38(36,37)31-12-11-20-19-6-2-3-8-22(19)32(24(20)15-31)16-26(35)33-14-18(29)13-23(33)25(34)10-9-17-5-4-7-21(28)27(17)30/h2-8,18,23H,9-16H2,1H3/t18-,23+/m1/s1. The molecule has 11 heteroatoms. The van der Waals surface area contributed by atoms with E-state index >= 15 is 0 Å². The Bertz CT molecular complexity index is 1520.